The second-order valence-electron chi connectivity index (χ2n) is 5.12. The first-order valence-electron chi connectivity index (χ1n) is 7.06. The van der Waals surface area contributed by atoms with Crippen molar-refractivity contribution in [3.8, 4) is 12.1 Å². The zero-order valence-electron chi connectivity index (χ0n) is 11.9. The summed E-state index contributed by atoms with van der Waals surface area (Å²) in [7, 11) is 0. The van der Waals surface area contributed by atoms with Gasteiger partial charge in [-0.1, -0.05) is 12.1 Å². The summed E-state index contributed by atoms with van der Waals surface area (Å²) >= 11 is 0. The minimum Gasteiger partial charge on any atom is -0.341 e. The Balaban J connectivity index is 2.35. The highest BCUT2D eigenvalue weighted by atomic mass is 15.0. The van der Waals surface area contributed by atoms with Crippen molar-refractivity contribution in [2.45, 2.75) is 26.3 Å². The summed E-state index contributed by atoms with van der Waals surface area (Å²) < 4.78 is 2.27. The second kappa shape index (κ2) is 5.31. The third-order valence-electron chi connectivity index (χ3n) is 3.88. The molecule has 3 nitrogen and oxygen atoms in total. The van der Waals surface area contributed by atoms with Gasteiger partial charge >= 0.3 is 0 Å². The second-order valence-corrected chi connectivity index (χ2v) is 5.12. The molecule has 102 valence electrons. The lowest BCUT2D eigenvalue weighted by Crippen LogP contribution is -1.93. The van der Waals surface area contributed by atoms with Crippen LogP contribution in [0.3, 0.4) is 0 Å². The molecule has 0 spiro atoms. The van der Waals surface area contributed by atoms with E-state index >= 15 is 0 Å². The van der Waals surface area contributed by atoms with E-state index in [1.165, 1.54) is 21.8 Å². The molecule has 0 aliphatic rings. The Hall–Kier alpha value is -2.78. The highest BCUT2D eigenvalue weighted by Crippen LogP contribution is 2.30. The fraction of sp³-hybridized carbons (Fsp3) is 0.222. The molecule has 1 heterocycles. The van der Waals surface area contributed by atoms with Crippen molar-refractivity contribution in [1.82, 2.24) is 4.57 Å². The number of nitrogens with zero attached hydrogens (tertiary/aromatic N) is 3. The van der Waals surface area contributed by atoms with E-state index in [2.05, 4.69) is 47.9 Å². The van der Waals surface area contributed by atoms with E-state index in [0.717, 1.165) is 17.7 Å². The van der Waals surface area contributed by atoms with Crippen LogP contribution in [0.1, 0.15) is 18.1 Å². The third-order valence-corrected chi connectivity index (χ3v) is 3.88. The van der Waals surface area contributed by atoms with E-state index in [1.807, 2.05) is 12.1 Å². The van der Waals surface area contributed by atoms with Crippen LogP contribution < -0.4 is 0 Å². The lowest BCUT2D eigenvalue weighted by molar-refractivity contribution is 0.827. The number of aromatic nitrogens is 1. The molecule has 0 radical (unpaired) electrons. The first kappa shape index (κ1) is 13.2. The van der Waals surface area contributed by atoms with Crippen molar-refractivity contribution in [2.75, 3.05) is 0 Å². The molecule has 21 heavy (non-hydrogen) atoms. The number of benzene rings is 2. The van der Waals surface area contributed by atoms with Gasteiger partial charge in [0.15, 0.2) is 0 Å². The maximum atomic E-state index is 8.88. The van der Waals surface area contributed by atoms with Crippen molar-refractivity contribution in [2.24, 2.45) is 0 Å². The van der Waals surface area contributed by atoms with Gasteiger partial charge in [-0.05, 0) is 42.3 Å². The highest BCUT2D eigenvalue weighted by molar-refractivity contribution is 6.08. The van der Waals surface area contributed by atoms with Gasteiger partial charge in [0.25, 0.3) is 0 Å². The SMILES string of the molecule is CCn1c2ccc(CC#N)cc2c2cc(CC#N)ccc21. The molecule has 3 rings (SSSR count). The van der Waals surface area contributed by atoms with Crippen LogP contribution in [0.5, 0.6) is 0 Å². The largest absolute Gasteiger partial charge is 0.341 e. The van der Waals surface area contributed by atoms with E-state index in [1.54, 1.807) is 0 Å². The summed E-state index contributed by atoms with van der Waals surface area (Å²) in [6.07, 6.45) is 0.846. The van der Waals surface area contributed by atoms with Gasteiger partial charge in [-0.25, -0.2) is 0 Å². The van der Waals surface area contributed by atoms with Gasteiger partial charge in [0.2, 0.25) is 0 Å². The Kier molecular flexibility index (Phi) is 3.34. The average molecular weight is 273 g/mol. The fourth-order valence-electron chi connectivity index (χ4n) is 2.94. The fourth-order valence-corrected chi connectivity index (χ4v) is 2.94. The molecule has 0 unspecified atom stereocenters. The summed E-state index contributed by atoms with van der Waals surface area (Å²) in [6, 6.07) is 16.8. The Bertz CT molecular complexity index is 831. The molecule has 3 heteroatoms. The molecular formula is C18H15N3. The molecule has 0 N–H and O–H groups in total. The zero-order chi connectivity index (χ0) is 14.8. The van der Waals surface area contributed by atoms with Crippen LogP contribution in [-0.4, -0.2) is 4.57 Å². The molecular weight excluding hydrogens is 258 g/mol. The number of hydrogen-bond acceptors (Lipinski definition) is 2. The standard InChI is InChI=1S/C18H15N3/c1-2-21-17-5-3-13(7-9-19)11-15(17)16-12-14(8-10-20)4-6-18(16)21/h3-6,11-12H,2,7-8H2,1H3. The van der Waals surface area contributed by atoms with Gasteiger partial charge in [0.05, 0.1) is 25.0 Å². The molecule has 3 aromatic rings. The summed E-state index contributed by atoms with van der Waals surface area (Å²) in [5, 5.41) is 20.1. The quantitative estimate of drug-likeness (QED) is 0.725. The highest BCUT2D eigenvalue weighted by Gasteiger charge is 2.10. The van der Waals surface area contributed by atoms with Crippen molar-refractivity contribution >= 4 is 21.8 Å². The van der Waals surface area contributed by atoms with E-state index in [0.29, 0.717) is 12.8 Å². The number of rotatable bonds is 3. The smallest absolute Gasteiger partial charge is 0.0669 e. The molecule has 0 saturated carbocycles. The predicted molar refractivity (Wildman–Crippen MR) is 83.8 cm³/mol. The minimum atomic E-state index is 0.423. The van der Waals surface area contributed by atoms with E-state index in [9.17, 15) is 0 Å². The van der Waals surface area contributed by atoms with E-state index < -0.39 is 0 Å². The molecule has 0 bridgehead atoms. The molecule has 1 aromatic heterocycles. The molecule has 0 amide bonds. The first-order valence-corrected chi connectivity index (χ1v) is 7.06. The van der Waals surface area contributed by atoms with Crippen LogP contribution in [0.15, 0.2) is 36.4 Å². The Morgan fingerprint density at radius 1 is 0.857 bits per heavy atom. The Morgan fingerprint density at radius 2 is 1.33 bits per heavy atom. The Labute approximate surface area is 123 Å². The van der Waals surface area contributed by atoms with Gasteiger partial charge in [0, 0.05) is 28.4 Å². The van der Waals surface area contributed by atoms with Gasteiger partial charge < -0.3 is 4.57 Å². The maximum Gasteiger partial charge on any atom is 0.0669 e. The van der Waals surface area contributed by atoms with Crippen LogP contribution >= 0.6 is 0 Å². The summed E-state index contributed by atoms with van der Waals surface area (Å²) in [6.45, 7) is 3.03. The molecule has 0 atom stereocenters. The van der Waals surface area contributed by atoms with Crippen LogP contribution in [0.4, 0.5) is 0 Å². The molecule has 0 saturated heterocycles. The first-order chi connectivity index (χ1) is 10.3. The molecule has 0 aliphatic carbocycles. The van der Waals surface area contributed by atoms with Crippen LogP contribution in [0.25, 0.3) is 21.8 Å². The van der Waals surface area contributed by atoms with Crippen LogP contribution in [0.2, 0.25) is 0 Å². The normalized spacial score (nSPS) is 10.6. The topological polar surface area (TPSA) is 52.5 Å². The number of hydrogen-bond donors (Lipinski definition) is 0. The van der Waals surface area contributed by atoms with Crippen molar-refractivity contribution in [3.63, 3.8) is 0 Å². The molecule has 0 aliphatic heterocycles. The summed E-state index contributed by atoms with van der Waals surface area (Å²) in [5.41, 5.74) is 4.43. The molecule has 2 aromatic carbocycles. The monoisotopic (exact) mass is 273 g/mol. The van der Waals surface area contributed by atoms with Crippen molar-refractivity contribution in [3.05, 3.63) is 47.5 Å². The predicted octanol–water partition coefficient (Wildman–Crippen LogP) is 3.95. The third kappa shape index (κ3) is 2.14. The zero-order valence-corrected chi connectivity index (χ0v) is 11.9. The summed E-state index contributed by atoms with van der Waals surface area (Å²) in [5.74, 6) is 0. The van der Waals surface area contributed by atoms with Gasteiger partial charge in [-0.2, -0.15) is 10.5 Å². The number of fused-ring (bicyclic) bond motifs is 3. The Morgan fingerprint density at radius 3 is 1.71 bits per heavy atom. The summed E-state index contributed by atoms with van der Waals surface area (Å²) in [4.78, 5) is 0. The molecule has 0 fully saturated rings. The van der Waals surface area contributed by atoms with Crippen molar-refractivity contribution < 1.29 is 0 Å². The van der Waals surface area contributed by atoms with Crippen LogP contribution in [0, 0.1) is 22.7 Å². The average Bonchev–Trinajstić information content (AvgIpc) is 2.81. The van der Waals surface area contributed by atoms with Gasteiger partial charge in [0.1, 0.15) is 0 Å². The van der Waals surface area contributed by atoms with Crippen LogP contribution in [-0.2, 0) is 19.4 Å². The number of aryl methyl sites for hydroxylation is 1. The van der Waals surface area contributed by atoms with E-state index in [-0.39, 0.29) is 0 Å². The minimum absolute atomic E-state index is 0.423. The lowest BCUT2D eigenvalue weighted by Gasteiger charge is -2.03. The lowest BCUT2D eigenvalue weighted by atomic mass is 10.1. The number of nitriles is 2. The maximum absolute atomic E-state index is 8.88. The van der Waals surface area contributed by atoms with Gasteiger partial charge in [-0.3, -0.25) is 0 Å². The van der Waals surface area contributed by atoms with E-state index in [4.69, 9.17) is 10.5 Å². The van der Waals surface area contributed by atoms with Crippen molar-refractivity contribution in [1.29, 1.82) is 10.5 Å². The van der Waals surface area contributed by atoms with Gasteiger partial charge in [-0.15, -0.1) is 0 Å².